The quantitative estimate of drug-likeness (QED) is 0.0502. The summed E-state index contributed by atoms with van der Waals surface area (Å²) >= 11 is 0. The van der Waals surface area contributed by atoms with Crippen molar-refractivity contribution in [2.45, 2.75) is 232 Å². The first-order valence-corrected chi connectivity index (χ1v) is 24.4. The number of carboxylic acids is 2. The summed E-state index contributed by atoms with van der Waals surface area (Å²) in [5.41, 5.74) is 12.9. The molecule has 0 heterocycles. The zero-order valence-corrected chi connectivity index (χ0v) is 43.3. The van der Waals surface area contributed by atoms with Crippen molar-refractivity contribution in [1.29, 1.82) is 0 Å². The topological polar surface area (TPSA) is 166 Å². The molecule has 0 fully saturated rings. The van der Waals surface area contributed by atoms with Crippen LogP contribution in [0, 0.1) is 0 Å². The third-order valence-corrected chi connectivity index (χ3v) is 11.8. The van der Waals surface area contributed by atoms with Gasteiger partial charge in [0, 0.05) is 22.3 Å². The van der Waals surface area contributed by atoms with Gasteiger partial charge in [-0.2, -0.15) is 0 Å². The van der Waals surface area contributed by atoms with Crippen molar-refractivity contribution in [1.82, 2.24) is 0 Å². The average molecular weight is 971 g/mol. The molecule has 9 heteroatoms. The third-order valence-electron chi connectivity index (χ3n) is 11.8. The van der Waals surface area contributed by atoms with Crippen LogP contribution >= 0.6 is 0 Å². The SMILES string of the molecule is CCCCCCCCCCCCCCCCCCc1cc(C(N)=O)ccc1C(=O)[O-].CCCCCCCCCCCCCCCCCCc1cc(C(N)=O)ccc1C(=O)[O-].[Ba+2]. The van der Waals surface area contributed by atoms with Gasteiger partial charge in [-0.1, -0.05) is 219 Å². The molecular weight excluding hydrogens is 886 g/mol. The first-order chi connectivity index (χ1) is 29.1. The number of hydrogen-bond donors (Lipinski definition) is 2. The van der Waals surface area contributed by atoms with E-state index in [2.05, 4.69) is 13.8 Å². The Kier molecular flexibility index (Phi) is 39.2. The number of hydrogen-bond acceptors (Lipinski definition) is 6. The Balaban J connectivity index is 0.00000116. The van der Waals surface area contributed by atoms with Gasteiger partial charge in [-0.15, -0.1) is 0 Å². The van der Waals surface area contributed by atoms with E-state index in [9.17, 15) is 29.4 Å². The molecule has 0 saturated heterocycles. The van der Waals surface area contributed by atoms with Crippen LogP contribution in [0.25, 0.3) is 0 Å². The maximum absolute atomic E-state index is 11.3. The first-order valence-electron chi connectivity index (χ1n) is 24.4. The minimum Gasteiger partial charge on any atom is -0.545 e. The van der Waals surface area contributed by atoms with E-state index >= 15 is 0 Å². The van der Waals surface area contributed by atoms with Crippen LogP contribution in [0.5, 0.6) is 0 Å². The number of primary amides is 2. The summed E-state index contributed by atoms with van der Waals surface area (Å²) in [6.07, 6.45) is 43.1. The van der Waals surface area contributed by atoms with Crippen LogP contribution in [0.4, 0.5) is 0 Å². The van der Waals surface area contributed by atoms with E-state index < -0.39 is 23.8 Å². The molecule has 61 heavy (non-hydrogen) atoms. The molecule has 0 aromatic heterocycles. The fraction of sp³-hybridized carbons (Fsp3) is 0.692. The number of nitrogens with two attached hydrogens (primary N) is 2. The normalized spacial score (nSPS) is 10.8. The Bertz CT molecular complexity index is 1340. The van der Waals surface area contributed by atoms with E-state index in [4.69, 9.17) is 11.5 Å². The fourth-order valence-corrected chi connectivity index (χ4v) is 8.03. The smallest absolute Gasteiger partial charge is 0.545 e. The van der Waals surface area contributed by atoms with Gasteiger partial charge in [0.2, 0.25) is 11.8 Å². The van der Waals surface area contributed by atoms with Crippen molar-refractivity contribution in [3.8, 4) is 0 Å². The van der Waals surface area contributed by atoms with Gasteiger partial charge < -0.3 is 31.3 Å². The standard InChI is InChI=1S/2C26H43NO3.Ba/c2*1-2-3-4-5-6-7-8-9-10-11-12-13-14-15-16-17-18-22-21-23(25(27)28)19-20-24(22)26(29)30;/h2*19-21H,2-18H2,1H3,(H2,27,28)(H,29,30);/q;;+2/p-2. The predicted molar refractivity (Wildman–Crippen MR) is 251 cm³/mol. The zero-order chi connectivity index (χ0) is 44.1. The number of aryl methyl sites for hydroxylation is 2. The zero-order valence-electron chi connectivity index (χ0n) is 38.8. The molecule has 0 radical (unpaired) electrons. The van der Waals surface area contributed by atoms with Crippen molar-refractivity contribution >= 4 is 72.6 Å². The number of carbonyl (C=O) groups excluding carboxylic acids is 4. The van der Waals surface area contributed by atoms with Crippen molar-refractivity contribution in [3.63, 3.8) is 0 Å². The Morgan fingerprint density at radius 3 is 0.787 bits per heavy atom. The van der Waals surface area contributed by atoms with Crippen LogP contribution in [-0.2, 0) is 12.8 Å². The number of rotatable bonds is 38. The molecule has 0 unspecified atom stereocenters. The molecular formula is C52H84BaN2O6. The molecule has 2 amide bonds. The molecule has 4 N–H and O–H groups in total. The molecule has 2 aromatic rings. The molecule has 2 rings (SSSR count). The molecule has 2 aromatic carbocycles. The number of benzene rings is 2. The van der Waals surface area contributed by atoms with Gasteiger partial charge in [0.05, 0.1) is 11.9 Å². The fourth-order valence-electron chi connectivity index (χ4n) is 8.03. The Morgan fingerprint density at radius 2 is 0.590 bits per heavy atom. The van der Waals surface area contributed by atoms with Crippen molar-refractivity contribution in [2.75, 3.05) is 0 Å². The second kappa shape index (κ2) is 40.7. The largest absolute Gasteiger partial charge is 2.00 e. The maximum atomic E-state index is 11.3. The second-order valence-electron chi connectivity index (χ2n) is 17.2. The predicted octanol–water partition coefficient (Wildman–Crippen LogP) is 11.5. The number of carboxylic acid groups (broad SMARTS) is 2. The third kappa shape index (κ3) is 31.4. The first kappa shape index (κ1) is 58.9. The van der Waals surface area contributed by atoms with Gasteiger partial charge >= 0.3 is 48.9 Å². The molecule has 8 nitrogen and oxygen atoms in total. The minimum absolute atomic E-state index is 0. The van der Waals surface area contributed by atoms with Crippen LogP contribution < -0.4 is 21.7 Å². The van der Waals surface area contributed by atoms with E-state index in [1.807, 2.05) is 0 Å². The summed E-state index contributed by atoms with van der Waals surface area (Å²) in [6.45, 7) is 4.53. The van der Waals surface area contributed by atoms with E-state index in [0.717, 1.165) is 25.7 Å². The van der Waals surface area contributed by atoms with E-state index in [1.54, 1.807) is 12.1 Å². The Hall–Kier alpha value is -2.11. The number of carbonyl (C=O) groups is 4. The Morgan fingerprint density at radius 1 is 0.377 bits per heavy atom. The molecule has 0 bridgehead atoms. The van der Waals surface area contributed by atoms with Crippen LogP contribution in [0.15, 0.2) is 36.4 Å². The van der Waals surface area contributed by atoms with Crippen LogP contribution in [0.1, 0.15) is 272 Å². The van der Waals surface area contributed by atoms with Crippen LogP contribution in [-0.4, -0.2) is 72.6 Å². The Labute approximate surface area is 412 Å². The van der Waals surface area contributed by atoms with E-state index in [0.29, 0.717) is 35.1 Å². The summed E-state index contributed by atoms with van der Waals surface area (Å²) in [7, 11) is 0. The molecule has 0 aliphatic carbocycles. The summed E-state index contributed by atoms with van der Waals surface area (Å²) in [5.74, 6) is -3.46. The molecule has 0 atom stereocenters. The monoisotopic (exact) mass is 971 g/mol. The minimum atomic E-state index is -1.20. The molecule has 0 spiro atoms. The van der Waals surface area contributed by atoms with Crippen molar-refractivity contribution in [3.05, 3.63) is 69.8 Å². The van der Waals surface area contributed by atoms with E-state index in [1.165, 1.54) is 204 Å². The molecule has 0 saturated carbocycles. The average Bonchev–Trinajstić information content (AvgIpc) is 3.23. The van der Waals surface area contributed by atoms with Gasteiger partial charge in [0.25, 0.3) is 0 Å². The second-order valence-corrected chi connectivity index (χ2v) is 17.2. The number of amides is 2. The van der Waals surface area contributed by atoms with E-state index in [-0.39, 0.29) is 60.0 Å². The van der Waals surface area contributed by atoms with Gasteiger partial charge in [-0.05, 0) is 61.1 Å². The summed E-state index contributed by atoms with van der Waals surface area (Å²) in [6, 6.07) is 8.95. The van der Waals surface area contributed by atoms with Crippen LogP contribution in [0.3, 0.4) is 0 Å². The number of aromatic carboxylic acids is 2. The van der Waals surface area contributed by atoms with Gasteiger partial charge in [-0.3, -0.25) is 9.59 Å². The summed E-state index contributed by atoms with van der Waals surface area (Å²) < 4.78 is 0. The van der Waals surface area contributed by atoms with Crippen LogP contribution in [0.2, 0.25) is 0 Å². The van der Waals surface area contributed by atoms with Gasteiger partial charge in [0.1, 0.15) is 0 Å². The molecule has 0 aliphatic rings. The molecule has 0 aliphatic heterocycles. The van der Waals surface area contributed by atoms with Crippen molar-refractivity contribution in [2.24, 2.45) is 11.5 Å². The summed E-state index contributed by atoms with van der Waals surface area (Å²) in [4.78, 5) is 45.1. The van der Waals surface area contributed by atoms with Crippen molar-refractivity contribution < 1.29 is 29.4 Å². The maximum Gasteiger partial charge on any atom is 2.00 e. The number of unbranched alkanes of at least 4 members (excludes halogenated alkanes) is 30. The molecule has 340 valence electrons. The van der Waals surface area contributed by atoms with Gasteiger partial charge in [0.15, 0.2) is 0 Å². The summed E-state index contributed by atoms with van der Waals surface area (Å²) in [5, 5.41) is 22.5. The van der Waals surface area contributed by atoms with Gasteiger partial charge in [-0.25, -0.2) is 0 Å².